The number of carbonyl (C=O) groups excluding carboxylic acids is 2. The van der Waals surface area contributed by atoms with Crippen molar-refractivity contribution in [3.63, 3.8) is 0 Å². The Kier molecular flexibility index (Phi) is 50.7. The van der Waals surface area contributed by atoms with E-state index in [1.54, 1.807) is 0 Å². The highest BCUT2D eigenvalue weighted by molar-refractivity contribution is 7.47. The molecule has 10 heteroatoms. The molecule has 2 atom stereocenters. The Morgan fingerprint density at radius 1 is 0.462 bits per heavy atom. The van der Waals surface area contributed by atoms with Gasteiger partial charge in [0.2, 0.25) is 0 Å². The van der Waals surface area contributed by atoms with Gasteiger partial charge in [-0.15, -0.1) is 0 Å². The summed E-state index contributed by atoms with van der Waals surface area (Å²) in [7, 11) is -4.38. The third-order valence-electron chi connectivity index (χ3n) is 12.3. The summed E-state index contributed by atoms with van der Waals surface area (Å²) in [5.41, 5.74) is 5.38. The summed E-state index contributed by atoms with van der Waals surface area (Å²) in [5, 5.41) is 0. The van der Waals surface area contributed by atoms with E-state index in [9.17, 15) is 19.0 Å². The Bertz CT molecular complexity index is 1120. The number of rotatable bonds is 53. The monoisotopic (exact) mass is 940 g/mol. The minimum Gasteiger partial charge on any atom is -0.462 e. The molecule has 0 bridgehead atoms. The van der Waals surface area contributed by atoms with Gasteiger partial charge in [0.1, 0.15) is 6.61 Å². The van der Waals surface area contributed by atoms with Crippen LogP contribution in [0.2, 0.25) is 0 Å². The number of hydrogen-bond acceptors (Lipinski definition) is 8. The zero-order valence-electron chi connectivity index (χ0n) is 42.7. The van der Waals surface area contributed by atoms with Crippen molar-refractivity contribution in [3.05, 3.63) is 24.3 Å². The molecule has 2 unspecified atom stereocenters. The molecule has 0 saturated heterocycles. The van der Waals surface area contributed by atoms with Gasteiger partial charge in [-0.2, -0.15) is 0 Å². The van der Waals surface area contributed by atoms with Crippen LogP contribution < -0.4 is 5.73 Å². The zero-order valence-corrected chi connectivity index (χ0v) is 43.6. The number of allylic oxidation sites excluding steroid dienone is 4. The minimum absolute atomic E-state index is 0.0561. The molecule has 0 aromatic carbocycles. The van der Waals surface area contributed by atoms with Crippen LogP contribution >= 0.6 is 7.82 Å². The largest absolute Gasteiger partial charge is 0.472 e. The number of ether oxygens (including phenoxy) is 2. The predicted octanol–water partition coefficient (Wildman–Crippen LogP) is 17.1. The average Bonchev–Trinajstić information content (AvgIpc) is 3.30. The smallest absolute Gasteiger partial charge is 0.462 e. The van der Waals surface area contributed by atoms with E-state index < -0.39 is 26.5 Å². The van der Waals surface area contributed by atoms with Crippen LogP contribution in [0.4, 0.5) is 0 Å². The van der Waals surface area contributed by atoms with Crippen LogP contribution in [0.1, 0.15) is 284 Å². The Balaban J connectivity index is 3.94. The normalized spacial score (nSPS) is 13.2. The van der Waals surface area contributed by atoms with Crippen molar-refractivity contribution in [2.75, 3.05) is 26.4 Å². The van der Waals surface area contributed by atoms with Gasteiger partial charge in [-0.05, 0) is 44.9 Å². The maximum atomic E-state index is 12.7. The SMILES string of the molecule is CCCCCCC/C=C\C/C=C\CCCCCCCCCCCCCCCCCC(=O)OC(COC(=O)CCCCCCCCCCCCCCCCCCC)COP(=O)(O)OCCN. The number of esters is 2. The summed E-state index contributed by atoms with van der Waals surface area (Å²) in [6.07, 6.45) is 59.4. The third kappa shape index (κ3) is 51.7. The quantitative estimate of drug-likeness (QED) is 0.0264. The molecule has 0 rings (SSSR count). The van der Waals surface area contributed by atoms with Gasteiger partial charge in [0, 0.05) is 19.4 Å². The van der Waals surface area contributed by atoms with Crippen LogP contribution in [-0.4, -0.2) is 49.3 Å². The topological polar surface area (TPSA) is 134 Å². The van der Waals surface area contributed by atoms with Crippen LogP contribution in [0.15, 0.2) is 24.3 Å². The lowest BCUT2D eigenvalue weighted by molar-refractivity contribution is -0.161. The molecule has 9 nitrogen and oxygen atoms in total. The van der Waals surface area contributed by atoms with Crippen molar-refractivity contribution in [1.82, 2.24) is 0 Å². The molecule has 0 aliphatic heterocycles. The summed E-state index contributed by atoms with van der Waals surface area (Å²) < 4.78 is 33.0. The maximum Gasteiger partial charge on any atom is 0.472 e. The number of hydrogen-bond donors (Lipinski definition) is 2. The predicted molar refractivity (Wildman–Crippen MR) is 275 cm³/mol. The highest BCUT2D eigenvalue weighted by atomic mass is 31.2. The van der Waals surface area contributed by atoms with Crippen molar-refractivity contribution in [2.45, 2.75) is 290 Å². The fraction of sp³-hybridized carbons (Fsp3) is 0.891. The zero-order chi connectivity index (χ0) is 47.4. The van der Waals surface area contributed by atoms with E-state index in [0.717, 1.165) is 38.5 Å². The van der Waals surface area contributed by atoms with Gasteiger partial charge < -0.3 is 20.1 Å². The van der Waals surface area contributed by atoms with Crippen LogP contribution in [0.3, 0.4) is 0 Å². The van der Waals surface area contributed by atoms with E-state index >= 15 is 0 Å². The van der Waals surface area contributed by atoms with Gasteiger partial charge in [-0.3, -0.25) is 18.6 Å². The molecule has 0 radical (unpaired) electrons. The van der Waals surface area contributed by atoms with Crippen molar-refractivity contribution < 1.29 is 37.6 Å². The first-order valence-corrected chi connectivity index (χ1v) is 29.3. The molecular formula is C55H106NO8P. The molecule has 0 aromatic heterocycles. The fourth-order valence-electron chi connectivity index (χ4n) is 8.20. The molecule has 3 N–H and O–H groups in total. The Hall–Kier alpha value is -1.51. The summed E-state index contributed by atoms with van der Waals surface area (Å²) in [6, 6.07) is 0. The molecule has 0 aliphatic rings. The molecule has 0 heterocycles. The molecule has 0 spiro atoms. The summed E-state index contributed by atoms with van der Waals surface area (Å²) in [5.74, 6) is -0.811. The van der Waals surface area contributed by atoms with E-state index in [2.05, 4.69) is 38.2 Å². The summed E-state index contributed by atoms with van der Waals surface area (Å²) >= 11 is 0. The van der Waals surface area contributed by atoms with Crippen molar-refractivity contribution >= 4 is 19.8 Å². The number of nitrogens with two attached hydrogens (primary N) is 1. The molecule has 0 saturated carbocycles. The van der Waals surface area contributed by atoms with Gasteiger partial charge in [-0.25, -0.2) is 4.57 Å². The van der Waals surface area contributed by atoms with Crippen molar-refractivity contribution in [2.24, 2.45) is 5.73 Å². The highest BCUT2D eigenvalue weighted by Gasteiger charge is 2.26. The van der Waals surface area contributed by atoms with Gasteiger partial charge in [-0.1, -0.05) is 250 Å². The van der Waals surface area contributed by atoms with E-state index in [1.165, 1.54) is 212 Å². The van der Waals surface area contributed by atoms with E-state index in [4.69, 9.17) is 24.3 Å². The second-order valence-corrected chi connectivity index (χ2v) is 20.3. The van der Waals surface area contributed by atoms with Gasteiger partial charge >= 0.3 is 19.8 Å². The lowest BCUT2D eigenvalue weighted by Crippen LogP contribution is -2.29. The van der Waals surface area contributed by atoms with Crippen LogP contribution in [0.5, 0.6) is 0 Å². The first-order chi connectivity index (χ1) is 31.8. The minimum atomic E-state index is -4.38. The second kappa shape index (κ2) is 51.9. The van der Waals surface area contributed by atoms with Crippen molar-refractivity contribution in [3.8, 4) is 0 Å². The molecule has 65 heavy (non-hydrogen) atoms. The molecule has 384 valence electrons. The Morgan fingerprint density at radius 3 is 1.17 bits per heavy atom. The standard InChI is InChI=1S/C55H106NO8P/c1-3-5-7-9-11-13-15-17-19-21-22-23-24-25-26-27-28-29-30-32-34-36-38-40-42-44-46-48-55(58)64-53(52-63-65(59,60)62-50-49-56)51-61-54(57)47-45-43-41-39-37-35-33-31-20-18-16-14-12-10-8-6-4-2/h15,17,21-22,53H,3-14,16,18-20,23-52,56H2,1-2H3,(H,59,60)/b17-15-,22-21-. The van der Waals surface area contributed by atoms with Crippen LogP contribution in [-0.2, 0) is 32.7 Å². The number of phosphoric ester groups is 1. The van der Waals surface area contributed by atoms with Crippen LogP contribution in [0.25, 0.3) is 0 Å². The molecule has 0 amide bonds. The summed E-state index contributed by atoms with van der Waals surface area (Å²) in [4.78, 5) is 35.1. The van der Waals surface area contributed by atoms with E-state index in [-0.39, 0.29) is 38.6 Å². The van der Waals surface area contributed by atoms with E-state index in [0.29, 0.717) is 6.42 Å². The molecular weight excluding hydrogens is 834 g/mol. The lowest BCUT2D eigenvalue weighted by Gasteiger charge is -2.19. The Morgan fingerprint density at radius 2 is 0.800 bits per heavy atom. The fourth-order valence-corrected chi connectivity index (χ4v) is 8.96. The number of phosphoric acid groups is 1. The number of carbonyl (C=O) groups is 2. The summed E-state index contributed by atoms with van der Waals surface area (Å²) in [6.45, 7) is 3.78. The maximum absolute atomic E-state index is 12.7. The van der Waals surface area contributed by atoms with E-state index in [1.807, 2.05) is 0 Å². The third-order valence-corrected chi connectivity index (χ3v) is 13.3. The molecule has 0 fully saturated rings. The Labute approximate surface area is 402 Å². The van der Waals surface area contributed by atoms with Gasteiger partial charge in [0.15, 0.2) is 6.10 Å². The van der Waals surface area contributed by atoms with Crippen LogP contribution in [0, 0.1) is 0 Å². The highest BCUT2D eigenvalue weighted by Crippen LogP contribution is 2.43. The number of unbranched alkanes of at least 4 members (excludes halogenated alkanes) is 36. The lowest BCUT2D eigenvalue weighted by atomic mass is 10.0. The van der Waals surface area contributed by atoms with Gasteiger partial charge in [0.05, 0.1) is 13.2 Å². The average molecular weight is 940 g/mol. The molecule has 0 aliphatic carbocycles. The second-order valence-electron chi connectivity index (χ2n) is 18.8. The molecule has 0 aromatic rings. The van der Waals surface area contributed by atoms with Gasteiger partial charge in [0.25, 0.3) is 0 Å². The first kappa shape index (κ1) is 63.5. The first-order valence-electron chi connectivity index (χ1n) is 27.8. The van der Waals surface area contributed by atoms with Crippen molar-refractivity contribution in [1.29, 1.82) is 0 Å².